The van der Waals surface area contributed by atoms with Crippen LogP contribution in [0.15, 0.2) is 64.2 Å². The monoisotopic (exact) mass is 530 g/mol. The molecule has 4 rings (SSSR count). The van der Waals surface area contributed by atoms with E-state index >= 15 is 0 Å². The third-order valence-corrected chi connectivity index (χ3v) is 6.40. The lowest BCUT2D eigenvalue weighted by atomic mass is 9.90. The van der Waals surface area contributed by atoms with E-state index in [1.54, 1.807) is 41.2 Å². The molecule has 9 nitrogen and oxygen atoms in total. The zero-order valence-electron chi connectivity index (χ0n) is 21.0. The molecule has 2 N–H and O–H groups in total. The summed E-state index contributed by atoms with van der Waals surface area (Å²) in [7, 11) is 4.06. The molecule has 2 amide bonds. The molecule has 2 atom stereocenters. The van der Waals surface area contributed by atoms with E-state index in [-0.39, 0.29) is 29.7 Å². The molecule has 1 heterocycles. The molecule has 0 spiro atoms. The Bertz CT molecular complexity index is 1280. The second-order valence-corrected chi connectivity index (χ2v) is 9.50. The van der Waals surface area contributed by atoms with Gasteiger partial charge in [-0.3, -0.25) is 14.8 Å². The molecule has 12 heteroatoms. The fourth-order valence-electron chi connectivity index (χ4n) is 4.47. The Morgan fingerprint density at radius 3 is 2.66 bits per heavy atom. The van der Waals surface area contributed by atoms with Crippen molar-refractivity contribution in [1.82, 2.24) is 10.2 Å². The van der Waals surface area contributed by atoms with Gasteiger partial charge in [0.25, 0.3) is 6.20 Å². The summed E-state index contributed by atoms with van der Waals surface area (Å²) >= 11 is 0. The molecule has 1 aliphatic rings. The minimum atomic E-state index is -4.71. The van der Waals surface area contributed by atoms with Gasteiger partial charge in [-0.25, -0.2) is 4.79 Å². The standard InChI is InChI=1S/C26H29F3N6O3/c1-34(2)21-9-6-10-22(15-21)35-16-24(38-33-35)32-25(37)31-20-13-18(26(27,28)29)12-19(14-20)30-23(36)11-17-7-4-3-5-8-17/h3-5,7-8,12-14,16,21-22H,6,9-11,15H2,1-2H3,(H2-,30,31,32,33,36,37)/t21-,22-/m1/s1. The number of carbonyl (C=O) groups excluding carboxylic acids is 1. The summed E-state index contributed by atoms with van der Waals surface area (Å²) < 4.78 is 47.3. The SMILES string of the molecule is CN(C)[C@@H]1CCC[C@@H]([n+]2cc(NC(=O)Nc3cc(N=C([O-])Cc4ccccc4)cc(C(F)(F)F)c3)on2)C1. The zero-order chi connectivity index (χ0) is 27.3. The molecule has 0 radical (unpaired) electrons. The predicted octanol–water partition coefficient (Wildman–Crippen LogP) is 4.30. The Balaban J connectivity index is 1.45. The lowest BCUT2D eigenvalue weighted by Gasteiger charge is -2.29. The van der Waals surface area contributed by atoms with Crippen LogP contribution in [0.4, 0.5) is 35.2 Å². The Hall–Kier alpha value is -3.93. The van der Waals surface area contributed by atoms with Gasteiger partial charge >= 0.3 is 18.1 Å². The van der Waals surface area contributed by atoms with Gasteiger partial charge in [0.15, 0.2) is 6.04 Å². The maximum absolute atomic E-state index is 13.5. The van der Waals surface area contributed by atoms with Crippen molar-refractivity contribution in [1.29, 1.82) is 0 Å². The van der Waals surface area contributed by atoms with Crippen LogP contribution in [-0.4, -0.2) is 42.2 Å². The van der Waals surface area contributed by atoms with Crippen LogP contribution in [0.2, 0.25) is 0 Å². The van der Waals surface area contributed by atoms with Gasteiger partial charge in [-0.15, -0.1) is 0 Å². The molecule has 2 aromatic carbocycles. The van der Waals surface area contributed by atoms with E-state index < -0.39 is 23.7 Å². The van der Waals surface area contributed by atoms with E-state index in [0.717, 1.165) is 37.8 Å². The highest BCUT2D eigenvalue weighted by molar-refractivity contribution is 5.99. The van der Waals surface area contributed by atoms with Gasteiger partial charge in [-0.05, 0) is 61.3 Å². The summed E-state index contributed by atoms with van der Waals surface area (Å²) in [6.07, 6.45) is 0.718. The molecule has 0 aliphatic heterocycles. The van der Waals surface area contributed by atoms with Crippen LogP contribution in [0.5, 0.6) is 0 Å². The van der Waals surface area contributed by atoms with Crippen molar-refractivity contribution in [3.05, 3.63) is 65.9 Å². The van der Waals surface area contributed by atoms with E-state index in [1.807, 2.05) is 14.1 Å². The van der Waals surface area contributed by atoms with Crippen molar-refractivity contribution < 1.29 is 32.3 Å². The van der Waals surface area contributed by atoms with Crippen LogP contribution >= 0.6 is 0 Å². The van der Waals surface area contributed by atoms with Crippen molar-refractivity contribution in [2.75, 3.05) is 24.7 Å². The number of hydrogen-bond donors (Lipinski definition) is 2. The third-order valence-electron chi connectivity index (χ3n) is 6.40. The lowest BCUT2D eigenvalue weighted by Crippen LogP contribution is -2.46. The van der Waals surface area contributed by atoms with Crippen LogP contribution < -0.4 is 20.4 Å². The van der Waals surface area contributed by atoms with Crippen molar-refractivity contribution in [3.8, 4) is 0 Å². The minimum absolute atomic E-state index is 0.0457. The first kappa shape index (κ1) is 27.1. The molecule has 38 heavy (non-hydrogen) atoms. The van der Waals surface area contributed by atoms with Gasteiger partial charge < -0.3 is 15.3 Å². The fraction of sp³-hybridized carbons (Fsp3) is 0.385. The summed E-state index contributed by atoms with van der Waals surface area (Å²) in [5, 5.41) is 21.1. The van der Waals surface area contributed by atoms with Crippen LogP contribution in [0.1, 0.15) is 42.9 Å². The Labute approximate surface area is 217 Å². The summed E-state index contributed by atoms with van der Waals surface area (Å²) in [5.41, 5.74) is -0.772. The van der Waals surface area contributed by atoms with Crippen molar-refractivity contribution in [3.63, 3.8) is 0 Å². The quantitative estimate of drug-likeness (QED) is 0.269. The molecule has 0 bridgehead atoms. The highest BCUT2D eigenvalue weighted by atomic mass is 19.4. The van der Waals surface area contributed by atoms with E-state index in [2.05, 4.69) is 25.8 Å². The van der Waals surface area contributed by atoms with Gasteiger partial charge in [-0.2, -0.15) is 13.2 Å². The molecule has 1 aliphatic carbocycles. The van der Waals surface area contributed by atoms with E-state index in [0.29, 0.717) is 11.6 Å². The zero-order valence-corrected chi connectivity index (χ0v) is 21.0. The van der Waals surface area contributed by atoms with E-state index in [4.69, 9.17) is 4.52 Å². The number of aliphatic imine (C=N–C) groups is 1. The van der Waals surface area contributed by atoms with Crippen LogP contribution in [-0.2, 0) is 12.6 Å². The Morgan fingerprint density at radius 1 is 1.18 bits per heavy atom. The van der Waals surface area contributed by atoms with Gasteiger partial charge in [0.2, 0.25) is 5.27 Å². The molecule has 1 saturated carbocycles. The smallest absolute Gasteiger partial charge is 0.416 e. The summed E-state index contributed by atoms with van der Waals surface area (Å²) in [4.78, 5) is 18.5. The van der Waals surface area contributed by atoms with E-state index in [9.17, 15) is 23.1 Å². The first-order chi connectivity index (χ1) is 18.1. The first-order valence-electron chi connectivity index (χ1n) is 12.2. The molecule has 0 unspecified atom stereocenters. The maximum Gasteiger partial charge on any atom is 0.416 e. The first-order valence-corrected chi connectivity index (χ1v) is 12.2. The normalized spacial score (nSPS) is 18.4. The average molecular weight is 531 g/mol. The number of nitrogens with one attached hydrogen (secondary N) is 2. The number of aromatic nitrogens is 2. The maximum atomic E-state index is 13.5. The van der Waals surface area contributed by atoms with Crippen molar-refractivity contribution >= 4 is 29.2 Å². The molecule has 1 fully saturated rings. The lowest BCUT2D eigenvalue weighted by molar-refractivity contribution is -0.787. The van der Waals surface area contributed by atoms with Crippen LogP contribution in [0.3, 0.4) is 0 Å². The number of alkyl halides is 3. The number of nitrogens with zero attached hydrogens (tertiary/aromatic N) is 4. The summed E-state index contributed by atoms with van der Waals surface area (Å²) in [6.45, 7) is 0. The van der Waals surface area contributed by atoms with Crippen molar-refractivity contribution in [2.24, 2.45) is 4.99 Å². The second kappa shape index (κ2) is 11.6. The number of halogens is 3. The molecule has 3 aromatic rings. The van der Waals surface area contributed by atoms with Gasteiger partial charge in [0.1, 0.15) is 0 Å². The minimum Gasteiger partial charge on any atom is -0.861 e. The number of anilines is 2. The van der Waals surface area contributed by atoms with Crippen LogP contribution in [0.25, 0.3) is 0 Å². The summed E-state index contributed by atoms with van der Waals surface area (Å²) in [5.74, 6) is -0.569. The second-order valence-electron chi connectivity index (χ2n) is 9.50. The molecule has 0 saturated heterocycles. The summed E-state index contributed by atoms with van der Waals surface area (Å²) in [6, 6.07) is 11.1. The van der Waals surface area contributed by atoms with Gasteiger partial charge in [0, 0.05) is 31.0 Å². The van der Waals surface area contributed by atoms with Gasteiger partial charge in [-0.1, -0.05) is 30.3 Å². The predicted molar refractivity (Wildman–Crippen MR) is 133 cm³/mol. The Morgan fingerprint density at radius 2 is 1.95 bits per heavy atom. The van der Waals surface area contributed by atoms with Crippen LogP contribution in [0, 0.1) is 0 Å². The van der Waals surface area contributed by atoms with Crippen molar-refractivity contribution in [2.45, 2.75) is 50.4 Å². The van der Waals surface area contributed by atoms with E-state index in [1.165, 1.54) is 6.07 Å². The number of amides is 2. The molecular weight excluding hydrogens is 501 g/mol. The molecule has 202 valence electrons. The molecular formula is C26H29F3N6O3. The third kappa shape index (κ3) is 7.31. The molecule has 1 aromatic heterocycles. The fourth-order valence-corrected chi connectivity index (χ4v) is 4.47. The number of rotatable bonds is 7. The number of urea groups is 1. The highest BCUT2D eigenvalue weighted by Gasteiger charge is 2.33. The number of carbonyl (C=O) groups is 1. The van der Waals surface area contributed by atoms with Gasteiger partial charge in [0.05, 0.1) is 11.3 Å². The largest absolute Gasteiger partial charge is 0.861 e. The topological polar surface area (TPSA) is 110 Å². The number of benzene rings is 2. The highest BCUT2D eigenvalue weighted by Crippen LogP contribution is 2.34. The Kier molecular flexibility index (Phi) is 8.30. The number of hydrogen-bond acceptors (Lipinski definition) is 6. The average Bonchev–Trinajstić information content (AvgIpc) is 3.32.